The maximum atomic E-state index is 11.8. The second kappa shape index (κ2) is 34.2. The molecule has 0 aliphatic rings. The van der Waals surface area contributed by atoms with Crippen molar-refractivity contribution in [2.45, 2.75) is 243 Å². The minimum absolute atomic E-state index is 0. The molecule has 0 aromatic heterocycles. The molecule has 4 aromatic rings. The minimum Gasteiger partial charge on any atom is -0.744 e. The standard InChI is InChI=1S/2C28H44O3S.Zn/c2*1-3-5-7-9-11-13-15-18-24-20-17-21-27-25(19-16-14-12-10-8-6-4-2)22-26(23-28(24)27)32(29,30)31;/h2*17,20-23H,3-16,18-19H2,1-2H3,(H,29,30,31);/q;;+2/p-2. The van der Waals surface area contributed by atoms with Crippen LogP contribution in [0, 0.1) is 0 Å². The fourth-order valence-corrected chi connectivity index (χ4v) is 10.3. The summed E-state index contributed by atoms with van der Waals surface area (Å²) in [7, 11) is -8.93. The fraction of sp³-hybridized carbons (Fsp3) is 0.643. The number of unbranched alkanes of at least 4 members (excludes halogenated alkanes) is 24. The number of hydrogen-bond donors (Lipinski definition) is 0. The van der Waals surface area contributed by atoms with Crippen LogP contribution in [0.5, 0.6) is 0 Å². The topological polar surface area (TPSA) is 114 Å². The van der Waals surface area contributed by atoms with E-state index in [-0.39, 0.29) is 29.3 Å². The van der Waals surface area contributed by atoms with Crippen molar-refractivity contribution in [3.8, 4) is 0 Å². The summed E-state index contributed by atoms with van der Waals surface area (Å²) in [4.78, 5) is -0.148. The van der Waals surface area contributed by atoms with Crippen LogP contribution < -0.4 is 0 Å². The predicted octanol–water partition coefficient (Wildman–Crippen LogP) is 16.7. The van der Waals surface area contributed by atoms with E-state index in [0.29, 0.717) is 0 Å². The molecule has 0 N–H and O–H groups in total. The Balaban J connectivity index is 0.000000440. The second-order valence-electron chi connectivity index (χ2n) is 18.6. The van der Waals surface area contributed by atoms with Crippen LogP contribution in [0.4, 0.5) is 0 Å². The van der Waals surface area contributed by atoms with E-state index >= 15 is 0 Å². The molecule has 0 radical (unpaired) electrons. The monoisotopic (exact) mass is 983 g/mol. The van der Waals surface area contributed by atoms with E-state index in [0.717, 1.165) is 96.9 Å². The molecule has 6 nitrogen and oxygen atoms in total. The number of rotatable bonds is 34. The van der Waals surface area contributed by atoms with Crippen molar-refractivity contribution in [3.63, 3.8) is 0 Å². The van der Waals surface area contributed by atoms with Gasteiger partial charge >= 0.3 is 19.5 Å². The third kappa shape index (κ3) is 23.1. The Morgan fingerprint density at radius 1 is 0.323 bits per heavy atom. The van der Waals surface area contributed by atoms with Gasteiger partial charge in [-0.3, -0.25) is 0 Å². The van der Waals surface area contributed by atoms with Crippen molar-refractivity contribution < 1.29 is 45.4 Å². The van der Waals surface area contributed by atoms with Crippen molar-refractivity contribution in [1.82, 2.24) is 0 Å². The Labute approximate surface area is 410 Å². The van der Waals surface area contributed by atoms with Gasteiger partial charge in [0.05, 0.1) is 9.79 Å². The van der Waals surface area contributed by atoms with Gasteiger partial charge in [0.2, 0.25) is 0 Å². The fourth-order valence-electron chi connectivity index (χ4n) is 9.22. The zero-order chi connectivity index (χ0) is 46.5. The summed E-state index contributed by atoms with van der Waals surface area (Å²) in [6, 6.07) is 19.0. The molecule has 4 rings (SSSR count). The first-order chi connectivity index (χ1) is 30.9. The summed E-state index contributed by atoms with van der Waals surface area (Å²) in [6.45, 7) is 8.92. The van der Waals surface area contributed by atoms with Crippen LogP contribution in [0.25, 0.3) is 21.5 Å². The molecule has 360 valence electrons. The maximum absolute atomic E-state index is 11.8. The van der Waals surface area contributed by atoms with E-state index in [1.807, 2.05) is 0 Å². The Bertz CT molecular complexity index is 1960. The van der Waals surface area contributed by atoms with Crippen LogP contribution in [0.2, 0.25) is 0 Å². The molecule has 0 aliphatic carbocycles. The molecule has 0 saturated carbocycles. The molecule has 0 unspecified atom stereocenters. The van der Waals surface area contributed by atoms with Gasteiger partial charge in [0.1, 0.15) is 20.2 Å². The third-order valence-corrected chi connectivity index (χ3v) is 14.7. The normalized spacial score (nSPS) is 11.8. The molecule has 9 heteroatoms. The summed E-state index contributed by atoms with van der Waals surface area (Å²) in [5.74, 6) is 0. The van der Waals surface area contributed by atoms with E-state index in [1.165, 1.54) is 152 Å². The third-order valence-electron chi connectivity index (χ3n) is 13.1. The number of fused-ring (bicyclic) bond motifs is 2. The molecule has 4 aromatic carbocycles. The summed E-state index contributed by atoms with van der Waals surface area (Å²) in [5.41, 5.74) is 4.35. The zero-order valence-electron chi connectivity index (χ0n) is 41.4. The summed E-state index contributed by atoms with van der Waals surface area (Å²) in [5, 5.41) is 4.13. The molecule has 0 saturated heterocycles. The Hall–Kier alpha value is -2.16. The van der Waals surface area contributed by atoms with E-state index in [4.69, 9.17) is 0 Å². The molecular formula is C56H86O6S2Zn. The second-order valence-corrected chi connectivity index (χ2v) is 21.3. The molecule has 0 atom stereocenters. The predicted molar refractivity (Wildman–Crippen MR) is 271 cm³/mol. The van der Waals surface area contributed by atoms with Crippen LogP contribution in [-0.2, 0) is 65.4 Å². The molecule has 0 aliphatic heterocycles. The van der Waals surface area contributed by atoms with Crippen LogP contribution in [0.15, 0.2) is 70.5 Å². The average molecular weight is 985 g/mol. The van der Waals surface area contributed by atoms with Gasteiger partial charge in [0.15, 0.2) is 0 Å². The van der Waals surface area contributed by atoms with Gasteiger partial charge in [-0.2, -0.15) is 0 Å². The van der Waals surface area contributed by atoms with E-state index in [1.54, 1.807) is 24.3 Å². The smallest absolute Gasteiger partial charge is 0.744 e. The summed E-state index contributed by atoms with van der Waals surface area (Å²) < 4.78 is 71.1. The van der Waals surface area contributed by atoms with E-state index in [2.05, 4.69) is 64.1 Å². The molecule has 0 spiro atoms. The van der Waals surface area contributed by atoms with Crippen molar-refractivity contribution in [3.05, 3.63) is 82.9 Å². The van der Waals surface area contributed by atoms with Crippen LogP contribution in [-0.4, -0.2) is 25.9 Å². The number of aryl methyl sites for hydroxylation is 4. The van der Waals surface area contributed by atoms with Gasteiger partial charge < -0.3 is 9.11 Å². The first-order valence-corrected chi connectivity index (χ1v) is 28.8. The first-order valence-electron chi connectivity index (χ1n) is 25.9. The number of benzene rings is 4. The molecule has 65 heavy (non-hydrogen) atoms. The Kier molecular flexibility index (Phi) is 31.0. The van der Waals surface area contributed by atoms with Gasteiger partial charge in [0, 0.05) is 0 Å². The van der Waals surface area contributed by atoms with Crippen LogP contribution in [0.1, 0.15) is 230 Å². The average Bonchev–Trinajstić information content (AvgIpc) is 3.27. The SMILES string of the molecule is CCCCCCCCCc1cc(S(=O)(=O)[O-])cc2c(CCCCCCCCC)cccc12.CCCCCCCCCc1cc(S(=O)(=O)[O-])cc2c(CCCCCCCCC)cccc12.[Zn+2]. The van der Waals surface area contributed by atoms with Crippen LogP contribution in [0.3, 0.4) is 0 Å². The van der Waals surface area contributed by atoms with Gasteiger partial charge in [-0.1, -0.05) is 218 Å². The quantitative estimate of drug-likeness (QED) is 0.0262. The molecule has 0 heterocycles. The Morgan fingerprint density at radius 3 is 0.831 bits per heavy atom. The van der Waals surface area contributed by atoms with Gasteiger partial charge in [-0.25, -0.2) is 16.8 Å². The van der Waals surface area contributed by atoms with Gasteiger partial charge in [-0.15, -0.1) is 0 Å². The molecule has 0 amide bonds. The maximum Gasteiger partial charge on any atom is 2.00 e. The Morgan fingerprint density at radius 2 is 0.569 bits per heavy atom. The van der Waals surface area contributed by atoms with E-state index < -0.39 is 20.2 Å². The molecule has 0 bridgehead atoms. The summed E-state index contributed by atoms with van der Waals surface area (Å²) in [6.07, 6.45) is 38.1. The van der Waals surface area contributed by atoms with Crippen molar-refractivity contribution in [2.75, 3.05) is 0 Å². The van der Waals surface area contributed by atoms with Gasteiger partial charge in [-0.05, 0) is 119 Å². The van der Waals surface area contributed by atoms with Gasteiger partial charge in [0.25, 0.3) is 0 Å². The van der Waals surface area contributed by atoms with Crippen LogP contribution >= 0.6 is 0 Å². The minimum atomic E-state index is -4.47. The first kappa shape index (κ1) is 59.0. The van der Waals surface area contributed by atoms with E-state index in [9.17, 15) is 25.9 Å². The van der Waals surface area contributed by atoms with Crippen molar-refractivity contribution >= 4 is 41.8 Å². The largest absolute Gasteiger partial charge is 2.00 e. The molecule has 0 fully saturated rings. The summed E-state index contributed by atoms with van der Waals surface area (Å²) >= 11 is 0. The zero-order valence-corrected chi connectivity index (χ0v) is 46.0. The molecular weight excluding hydrogens is 898 g/mol. The van der Waals surface area contributed by atoms with Crippen molar-refractivity contribution in [1.29, 1.82) is 0 Å². The number of hydrogen-bond acceptors (Lipinski definition) is 6. The van der Waals surface area contributed by atoms with Crippen molar-refractivity contribution in [2.24, 2.45) is 0 Å².